The summed E-state index contributed by atoms with van der Waals surface area (Å²) in [6.07, 6.45) is 0. The molecular weight excluding hydrogens is 248 g/mol. The van der Waals surface area contributed by atoms with Gasteiger partial charge in [0.05, 0.1) is 14.1 Å². The van der Waals surface area contributed by atoms with Gasteiger partial charge in [0.15, 0.2) is 23.3 Å². The van der Waals surface area contributed by atoms with Crippen molar-refractivity contribution in [1.82, 2.24) is 0 Å². The highest BCUT2D eigenvalue weighted by Crippen LogP contribution is 2.36. The van der Waals surface area contributed by atoms with Crippen LogP contribution in [0.2, 0.25) is 18.1 Å². The fourth-order valence-corrected chi connectivity index (χ4v) is 3.51. The Labute approximate surface area is 99.7 Å². The number of benzene rings is 1. The van der Waals surface area contributed by atoms with Gasteiger partial charge in [0, 0.05) is 5.19 Å². The van der Waals surface area contributed by atoms with Gasteiger partial charge >= 0.3 is 0 Å². The molecule has 0 aromatic heterocycles. The zero-order chi connectivity index (χ0) is 13.6. The first kappa shape index (κ1) is 14.2. The largest absolute Gasteiger partial charge is 0.204 e. The van der Waals surface area contributed by atoms with Crippen molar-refractivity contribution in [3.63, 3.8) is 0 Å². The van der Waals surface area contributed by atoms with Crippen molar-refractivity contribution in [2.75, 3.05) is 0 Å². The molecule has 0 saturated heterocycles. The summed E-state index contributed by atoms with van der Waals surface area (Å²) in [5.74, 6) is -5.53. The predicted molar refractivity (Wildman–Crippen MR) is 61.9 cm³/mol. The van der Waals surface area contributed by atoms with Crippen LogP contribution in [-0.2, 0) is 0 Å². The van der Waals surface area contributed by atoms with Gasteiger partial charge in [-0.15, -0.1) is 0 Å². The van der Waals surface area contributed by atoms with Gasteiger partial charge in [0.1, 0.15) is 0 Å². The van der Waals surface area contributed by atoms with Crippen molar-refractivity contribution in [2.45, 2.75) is 38.9 Å². The summed E-state index contributed by atoms with van der Waals surface area (Å²) >= 11 is 0. The Morgan fingerprint density at radius 3 is 1.53 bits per heavy atom. The van der Waals surface area contributed by atoms with Crippen LogP contribution in [0.25, 0.3) is 0 Å². The van der Waals surface area contributed by atoms with Gasteiger partial charge in [-0.2, -0.15) is 0 Å². The molecule has 0 aliphatic heterocycles. The van der Waals surface area contributed by atoms with Gasteiger partial charge in [-0.25, -0.2) is 17.6 Å². The molecule has 0 bridgehead atoms. The second-order valence-electron chi connectivity index (χ2n) is 5.63. The van der Waals surface area contributed by atoms with Gasteiger partial charge in [-0.3, -0.25) is 0 Å². The van der Waals surface area contributed by atoms with E-state index in [-0.39, 0.29) is 0 Å². The fraction of sp³-hybridized carbons (Fsp3) is 0.500. The normalized spacial score (nSPS) is 13.0. The second-order valence-corrected chi connectivity index (χ2v) is 10.9. The molecule has 0 unspecified atom stereocenters. The Kier molecular flexibility index (Phi) is 3.45. The minimum atomic E-state index is -2.68. The third-order valence-corrected chi connectivity index (χ3v) is 8.98. The Bertz CT molecular complexity index is 421. The average Bonchev–Trinajstić information content (AvgIpc) is 2.13. The lowest BCUT2D eigenvalue weighted by Gasteiger charge is -2.37. The first-order chi connectivity index (χ1) is 7.50. The van der Waals surface area contributed by atoms with Gasteiger partial charge in [0.25, 0.3) is 0 Å². The third-order valence-electron chi connectivity index (χ3n) is 3.54. The van der Waals surface area contributed by atoms with Crippen LogP contribution in [0.5, 0.6) is 0 Å². The molecule has 0 amide bonds. The summed E-state index contributed by atoms with van der Waals surface area (Å²) in [4.78, 5) is 0. The third kappa shape index (κ3) is 2.25. The second kappa shape index (κ2) is 4.12. The van der Waals surface area contributed by atoms with Crippen LogP contribution >= 0.6 is 0 Å². The molecule has 0 saturated carbocycles. The number of halogens is 4. The lowest BCUT2D eigenvalue weighted by Crippen LogP contribution is -2.53. The highest BCUT2D eigenvalue weighted by molar-refractivity contribution is 6.92. The van der Waals surface area contributed by atoms with Crippen LogP contribution in [-0.4, -0.2) is 8.07 Å². The van der Waals surface area contributed by atoms with E-state index in [1.165, 1.54) is 6.07 Å². The fourth-order valence-electron chi connectivity index (χ4n) is 1.45. The quantitative estimate of drug-likeness (QED) is 0.411. The number of hydrogen-bond donors (Lipinski definition) is 0. The summed E-state index contributed by atoms with van der Waals surface area (Å²) in [6.45, 7) is 8.81. The Morgan fingerprint density at radius 1 is 0.882 bits per heavy atom. The zero-order valence-electron chi connectivity index (χ0n) is 10.5. The van der Waals surface area contributed by atoms with Crippen LogP contribution in [0, 0.1) is 29.3 Å². The van der Waals surface area contributed by atoms with E-state index in [9.17, 15) is 17.6 Å². The molecule has 0 aliphatic rings. The molecule has 17 heavy (non-hydrogen) atoms. The van der Waals surface area contributed by atoms with E-state index in [2.05, 4.69) is 0 Å². The monoisotopic (exact) mass is 263 g/mol. The molecular formula is C12H15F4Si. The van der Waals surface area contributed by atoms with Gasteiger partial charge in [0.2, 0.25) is 0 Å². The highest BCUT2D eigenvalue weighted by atomic mass is 28.3. The van der Waals surface area contributed by atoms with Gasteiger partial charge in [-0.1, -0.05) is 33.9 Å². The molecule has 0 nitrogen and oxygen atoms in total. The summed E-state index contributed by atoms with van der Waals surface area (Å²) in [6, 6.07) is 1.41. The molecule has 1 aromatic carbocycles. The van der Waals surface area contributed by atoms with Gasteiger partial charge in [-0.05, 0) is 5.04 Å². The molecule has 1 radical (unpaired) electrons. The first-order valence-corrected chi connectivity index (χ1v) is 8.26. The van der Waals surface area contributed by atoms with E-state index in [0.29, 0.717) is 0 Å². The van der Waals surface area contributed by atoms with Crippen LogP contribution in [0.3, 0.4) is 0 Å². The van der Waals surface area contributed by atoms with E-state index in [1.807, 2.05) is 20.8 Å². The average molecular weight is 263 g/mol. The zero-order valence-corrected chi connectivity index (χ0v) is 11.5. The first-order valence-electron chi connectivity index (χ1n) is 5.26. The number of hydrogen-bond acceptors (Lipinski definition) is 0. The molecule has 0 fully saturated rings. The van der Waals surface area contributed by atoms with Crippen LogP contribution in [0.15, 0.2) is 0 Å². The molecule has 1 aromatic rings. The van der Waals surface area contributed by atoms with Crippen molar-refractivity contribution in [1.29, 1.82) is 0 Å². The maximum Gasteiger partial charge on any atom is 0.169 e. The van der Waals surface area contributed by atoms with Crippen molar-refractivity contribution in [3.8, 4) is 0 Å². The summed E-state index contributed by atoms with van der Waals surface area (Å²) < 4.78 is 53.6. The molecule has 5 heteroatoms. The topological polar surface area (TPSA) is 0 Å². The molecule has 0 spiro atoms. The van der Waals surface area contributed by atoms with Crippen LogP contribution < -0.4 is 5.19 Å². The van der Waals surface area contributed by atoms with Crippen molar-refractivity contribution in [2.24, 2.45) is 0 Å². The van der Waals surface area contributed by atoms with Crippen LogP contribution in [0.1, 0.15) is 20.8 Å². The van der Waals surface area contributed by atoms with E-state index in [0.717, 1.165) is 0 Å². The lowest BCUT2D eigenvalue weighted by molar-refractivity contribution is 0.458. The molecule has 0 N–H and O–H groups in total. The summed E-state index contributed by atoms with van der Waals surface area (Å²) in [7, 11) is -2.68. The van der Waals surface area contributed by atoms with Crippen molar-refractivity contribution >= 4 is 13.3 Å². The SMILES string of the molecule is CC(C)(C)[Si](C)(C)c1c(F)c(F)[c]c(F)c1F. The minimum absolute atomic E-state index is 0.422. The summed E-state index contributed by atoms with van der Waals surface area (Å²) in [5, 5.41) is -0.853. The van der Waals surface area contributed by atoms with Crippen LogP contribution in [0.4, 0.5) is 17.6 Å². The standard InChI is InChI=1S/C12H15F4Si/c1-12(2,3)17(4,5)11-9(15)7(13)6-8(14)10(11)16/h1-5H3. The van der Waals surface area contributed by atoms with E-state index < -0.39 is 41.6 Å². The molecule has 0 heterocycles. The maximum absolute atomic E-state index is 13.7. The molecule has 1 rings (SSSR count). The Hall–Kier alpha value is -0.843. The highest BCUT2D eigenvalue weighted by Gasteiger charge is 2.42. The Morgan fingerprint density at radius 2 is 1.24 bits per heavy atom. The van der Waals surface area contributed by atoms with Gasteiger partial charge < -0.3 is 0 Å². The van der Waals surface area contributed by atoms with E-state index >= 15 is 0 Å². The van der Waals surface area contributed by atoms with Crippen molar-refractivity contribution < 1.29 is 17.6 Å². The van der Waals surface area contributed by atoms with E-state index in [1.54, 1.807) is 13.1 Å². The molecule has 95 valence electrons. The Balaban J connectivity index is 3.62. The van der Waals surface area contributed by atoms with E-state index in [4.69, 9.17) is 0 Å². The molecule has 0 aliphatic carbocycles. The summed E-state index contributed by atoms with van der Waals surface area (Å²) in [5.41, 5.74) is 0. The maximum atomic E-state index is 13.7. The lowest BCUT2D eigenvalue weighted by atomic mass is 10.2. The smallest absolute Gasteiger partial charge is 0.169 e. The van der Waals surface area contributed by atoms with Crippen molar-refractivity contribution in [3.05, 3.63) is 29.3 Å². The minimum Gasteiger partial charge on any atom is -0.204 e. The number of rotatable bonds is 1. The molecule has 0 atom stereocenters. The predicted octanol–water partition coefficient (Wildman–Crippen LogP) is 3.76.